The van der Waals surface area contributed by atoms with Crippen molar-refractivity contribution in [3.63, 3.8) is 0 Å². The maximum Gasteiger partial charge on any atom is 0.313 e. The minimum Gasteiger partial charge on any atom is -0.465 e. The SMILES string of the molecule is O=C1OC[C@H]2CC=C[C@@H]12. The van der Waals surface area contributed by atoms with Crippen LogP contribution in [-0.4, -0.2) is 12.6 Å². The highest BCUT2D eigenvalue weighted by Crippen LogP contribution is 2.31. The third-order valence-electron chi connectivity index (χ3n) is 2.00. The van der Waals surface area contributed by atoms with Gasteiger partial charge in [0.05, 0.1) is 12.5 Å². The van der Waals surface area contributed by atoms with Gasteiger partial charge >= 0.3 is 5.97 Å². The molecule has 1 heterocycles. The molecule has 48 valence electrons. The van der Waals surface area contributed by atoms with Crippen molar-refractivity contribution in [2.24, 2.45) is 11.8 Å². The molecule has 0 saturated carbocycles. The summed E-state index contributed by atoms with van der Waals surface area (Å²) in [6.45, 7) is 0.635. The van der Waals surface area contributed by atoms with Crippen molar-refractivity contribution in [3.05, 3.63) is 12.2 Å². The van der Waals surface area contributed by atoms with Gasteiger partial charge in [0.2, 0.25) is 0 Å². The maximum absolute atomic E-state index is 10.8. The van der Waals surface area contributed by atoms with Gasteiger partial charge in [-0.05, 0) is 6.42 Å². The van der Waals surface area contributed by atoms with Crippen molar-refractivity contribution >= 4 is 5.97 Å². The number of cyclic esters (lactones) is 1. The minimum absolute atomic E-state index is 0.0336. The Morgan fingerprint density at radius 2 is 2.56 bits per heavy atom. The first-order valence-electron chi connectivity index (χ1n) is 3.21. The number of carbonyl (C=O) groups is 1. The molecule has 0 N–H and O–H groups in total. The van der Waals surface area contributed by atoms with E-state index in [-0.39, 0.29) is 11.9 Å². The normalized spacial score (nSPS) is 38.9. The van der Waals surface area contributed by atoms with Crippen LogP contribution in [-0.2, 0) is 9.53 Å². The first-order valence-corrected chi connectivity index (χ1v) is 3.21. The zero-order valence-corrected chi connectivity index (χ0v) is 5.04. The van der Waals surface area contributed by atoms with Gasteiger partial charge in [-0.3, -0.25) is 4.79 Å². The summed E-state index contributed by atoms with van der Waals surface area (Å²) in [7, 11) is 0. The molecule has 2 rings (SSSR count). The first kappa shape index (κ1) is 5.03. The molecular weight excluding hydrogens is 116 g/mol. The number of esters is 1. The second-order valence-electron chi connectivity index (χ2n) is 2.58. The predicted molar refractivity (Wildman–Crippen MR) is 31.7 cm³/mol. The molecule has 0 spiro atoms. The number of carbonyl (C=O) groups excluding carboxylic acids is 1. The Morgan fingerprint density at radius 1 is 1.67 bits per heavy atom. The number of rotatable bonds is 0. The second-order valence-corrected chi connectivity index (χ2v) is 2.58. The van der Waals surface area contributed by atoms with Crippen LogP contribution in [0.4, 0.5) is 0 Å². The van der Waals surface area contributed by atoms with Crippen molar-refractivity contribution in [1.29, 1.82) is 0 Å². The van der Waals surface area contributed by atoms with Crippen LogP contribution in [0.25, 0.3) is 0 Å². The molecular formula is C7H8O2. The van der Waals surface area contributed by atoms with Gasteiger partial charge in [-0.1, -0.05) is 12.2 Å². The van der Waals surface area contributed by atoms with E-state index in [9.17, 15) is 4.79 Å². The Kier molecular flexibility index (Phi) is 0.891. The average Bonchev–Trinajstić information content (AvgIpc) is 2.35. The highest BCUT2D eigenvalue weighted by Gasteiger charge is 2.36. The molecule has 0 aromatic heterocycles. The molecule has 0 radical (unpaired) electrons. The first-order chi connectivity index (χ1) is 4.38. The lowest BCUT2D eigenvalue weighted by molar-refractivity contribution is -0.140. The quantitative estimate of drug-likeness (QED) is 0.351. The summed E-state index contributed by atoms with van der Waals surface area (Å²) in [6.07, 6.45) is 5.05. The summed E-state index contributed by atoms with van der Waals surface area (Å²) in [5, 5.41) is 0. The molecule has 1 fully saturated rings. The Bertz CT molecular complexity index is 172. The van der Waals surface area contributed by atoms with Gasteiger partial charge in [-0.25, -0.2) is 0 Å². The fourth-order valence-corrected chi connectivity index (χ4v) is 1.43. The second kappa shape index (κ2) is 1.59. The topological polar surface area (TPSA) is 26.3 Å². The van der Waals surface area contributed by atoms with Crippen molar-refractivity contribution in [1.82, 2.24) is 0 Å². The maximum atomic E-state index is 10.8. The minimum atomic E-state index is -0.0336. The van der Waals surface area contributed by atoms with Crippen molar-refractivity contribution in [3.8, 4) is 0 Å². The summed E-state index contributed by atoms with van der Waals surface area (Å²) in [6, 6.07) is 0. The molecule has 0 bridgehead atoms. The van der Waals surface area contributed by atoms with Gasteiger partial charge in [-0.2, -0.15) is 0 Å². The van der Waals surface area contributed by atoms with Crippen LogP contribution in [0.5, 0.6) is 0 Å². The van der Waals surface area contributed by atoms with E-state index in [1.54, 1.807) is 0 Å². The zero-order chi connectivity index (χ0) is 6.27. The van der Waals surface area contributed by atoms with Crippen LogP contribution in [0, 0.1) is 11.8 Å². The van der Waals surface area contributed by atoms with Crippen LogP contribution < -0.4 is 0 Å². The summed E-state index contributed by atoms with van der Waals surface area (Å²) < 4.78 is 4.83. The number of ether oxygens (including phenoxy) is 1. The number of allylic oxidation sites excluding steroid dienone is 1. The molecule has 2 nitrogen and oxygen atoms in total. The summed E-state index contributed by atoms with van der Waals surface area (Å²) >= 11 is 0. The lowest BCUT2D eigenvalue weighted by Gasteiger charge is -1.98. The molecule has 0 unspecified atom stereocenters. The van der Waals surface area contributed by atoms with Gasteiger partial charge in [0.15, 0.2) is 0 Å². The van der Waals surface area contributed by atoms with E-state index in [1.165, 1.54) is 0 Å². The fraction of sp³-hybridized carbons (Fsp3) is 0.571. The fourth-order valence-electron chi connectivity index (χ4n) is 1.43. The van der Waals surface area contributed by atoms with E-state index in [0.29, 0.717) is 12.5 Å². The van der Waals surface area contributed by atoms with E-state index in [2.05, 4.69) is 6.08 Å². The molecule has 1 aliphatic heterocycles. The van der Waals surface area contributed by atoms with Gasteiger partial charge in [0.25, 0.3) is 0 Å². The monoisotopic (exact) mass is 124 g/mol. The molecule has 2 aliphatic rings. The summed E-state index contributed by atoms with van der Waals surface area (Å²) in [4.78, 5) is 10.8. The largest absolute Gasteiger partial charge is 0.465 e. The van der Waals surface area contributed by atoms with Gasteiger partial charge < -0.3 is 4.74 Å². The van der Waals surface area contributed by atoms with E-state index < -0.39 is 0 Å². The van der Waals surface area contributed by atoms with Crippen molar-refractivity contribution in [2.45, 2.75) is 6.42 Å². The zero-order valence-electron chi connectivity index (χ0n) is 5.04. The molecule has 0 aromatic carbocycles. The number of hydrogen-bond donors (Lipinski definition) is 0. The van der Waals surface area contributed by atoms with Gasteiger partial charge in [0, 0.05) is 5.92 Å². The van der Waals surface area contributed by atoms with Crippen molar-refractivity contribution < 1.29 is 9.53 Å². The third-order valence-corrected chi connectivity index (χ3v) is 2.00. The summed E-state index contributed by atoms with van der Waals surface area (Å²) in [5.74, 6) is 0.538. The van der Waals surface area contributed by atoms with Crippen LogP contribution in [0.2, 0.25) is 0 Å². The van der Waals surface area contributed by atoms with Gasteiger partial charge in [-0.15, -0.1) is 0 Å². The molecule has 0 aromatic rings. The lowest BCUT2D eigenvalue weighted by atomic mass is 10.00. The molecule has 0 amide bonds. The molecule has 1 aliphatic carbocycles. The van der Waals surface area contributed by atoms with E-state index in [0.717, 1.165) is 6.42 Å². The highest BCUT2D eigenvalue weighted by atomic mass is 16.5. The Labute approximate surface area is 53.5 Å². The molecule has 2 atom stereocenters. The lowest BCUT2D eigenvalue weighted by Crippen LogP contribution is -2.07. The number of hydrogen-bond acceptors (Lipinski definition) is 2. The van der Waals surface area contributed by atoms with Crippen LogP contribution >= 0.6 is 0 Å². The van der Waals surface area contributed by atoms with E-state index in [1.807, 2.05) is 6.08 Å². The van der Waals surface area contributed by atoms with Crippen LogP contribution in [0.3, 0.4) is 0 Å². The summed E-state index contributed by atoms with van der Waals surface area (Å²) in [5.41, 5.74) is 0. The Morgan fingerprint density at radius 3 is 3.33 bits per heavy atom. The van der Waals surface area contributed by atoms with Crippen molar-refractivity contribution in [2.75, 3.05) is 6.61 Å². The van der Waals surface area contributed by atoms with Gasteiger partial charge in [0.1, 0.15) is 0 Å². The highest BCUT2D eigenvalue weighted by molar-refractivity contribution is 5.77. The molecule has 1 saturated heterocycles. The number of fused-ring (bicyclic) bond motifs is 1. The Balaban J connectivity index is 2.24. The third kappa shape index (κ3) is 0.590. The van der Waals surface area contributed by atoms with E-state index >= 15 is 0 Å². The van der Waals surface area contributed by atoms with Crippen LogP contribution in [0.1, 0.15) is 6.42 Å². The molecule has 9 heavy (non-hydrogen) atoms. The van der Waals surface area contributed by atoms with Crippen LogP contribution in [0.15, 0.2) is 12.2 Å². The average molecular weight is 124 g/mol. The standard InChI is InChI=1S/C7H8O2/c8-7-6-3-1-2-5(6)4-9-7/h1,3,5-6H,2,4H2/t5-,6-/m1/s1. The smallest absolute Gasteiger partial charge is 0.313 e. The molecule has 2 heteroatoms. The Hall–Kier alpha value is -0.790. The predicted octanol–water partition coefficient (Wildman–Crippen LogP) is 0.736. The van der Waals surface area contributed by atoms with E-state index in [4.69, 9.17) is 4.74 Å².